The Balaban J connectivity index is 1.78. The van der Waals surface area contributed by atoms with Crippen molar-refractivity contribution in [3.05, 3.63) is 29.3 Å². The number of nitrogens with two attached hydrogens (primary N) is 1. The molecular formula is C16H24N2S. The number of aryl methyl sites for hydroxylation is 1. The second kappa shape index (κ2) is 5.02. The highest BCUT2D eigenvalue weighted by Gasteiger charge is 2.31. The topological polar surface area (TPSA) is 29.3 Å². The lowest BCUT2D eigenvalue weighted by molar-refractivity contribution is 0.206. The molecule has 1 saturated heterocycles. The van der Waals surface area contributed by atoms with Crippen molar-refractivity contribution in [2.75, 3.05) is 24.6 Å². The summed E-state index contributed by atoms with van der Waals surface area (Å²) in [6, 6.07) is 7.12. The first kappa shape index (κ1) is 13.3. The smallest absolute Gasteiger partial charge is 0.0354 e. The minimum Gasteiger partial charge on any atom is -0.399 e. The van der Waals surface area contributed by atoms with Gasteiger partial charge >= 0.3 is 0 Å². The molecule has 1 atom stereocenters. The number of hydrogen-bond donors (Lipinski definition) is 1. The Morgan fingerprint density at radius 3 is 3.00 bits per heavy atom. The number of anilines is 1. The van der Waals surface area contributed by atoms with E-state index in [2.05, 4.69) is 48.7 Å². The highest BCUT2D eigenvalue weighted by atomic mass is 32.2. The fourth-order valence-corrected chi connectivity index (χ4v) is 4.46. The molecule has 0 spiro atoms. The van der Waals surface area contributed by atoms with Crippen LogP contribution in [0.1, 0.15) is 43.9 Å². The average molecular weight is 276 g/mol. The van der Waals surface area contributed by atoms with E-state index in [0.717, 1.165) is 5.69 Å². The van der Waals surface area contributed by atoms with Crippen LogP contribution < -0.4 is 5.73 Å². The molecule has 1 aromatic carbocycles. The predicted molar refractivity (Wildman–Crippen MR) is 84.6 cm³/mol. The van der Waals surface area contributed by atoms with Crippen molar-refractivity contribution in [2.45, 2.75) is 43.9 Å². The van der Waals surface area contributed by atoms with Crippen molar-refractivity contribution < 1.29 is 0 Å². The average Bonchev–Trinajstić information content (AvgIpc) is 2.67. The van der Waals surface area contributed by atoms with Crippen molar-refractivity contribution in [3.8, 4) is 0 Å². The highest BCUT2D eigenvalue weighted by molar-refractivity contribution is 8.00. The number of benzene rings is 1. The van der Waals surface area contributed by atoms with E-state index < -0.39 is 0 Å². The van der Waals surface area contributed by atoms with Crippen LogP contribution in [0.5, 0.6) is 0 Å². The molecule has 1 unspecified atom stereocenters. The summed E-state index contributed by atoms with van der Waals surface area (Å²) in [5.41, 5.74) is 9.81. The van der Waals surface area contributed by atoms with Gasteiger partial charge in [0.25, 0.3) is 0 Å². The van der Waals surface area contributed by atoms with Crippen LogP contribution in [-0.4, -0.2) is 28.5 Å². The third-order valence-electron chi connectivity index (χ3n) is 4.53. The van der Waals surface area contributed by atoms with E-state index in [0.29, 0.717) is 10.8 Å². The third kappa shape index (κ3) is 2.77. The lowest BCUT2D eigenvalue weighted by atomic mass is 10.0. The van der Waals surface area contributed by atoms with Gasteiger partial charge < -0.3 is 5.73 Å². The molecule has 0 bridgehead atoms. The van der Waals surface area contributed by atoms with Gasteiger partial charge in [0.05, 0.1) is 0 Å². The van der Waals surface area contributed by atoms with Crippen LogP contribution in [0.3, 0.4) is 0 Å². The number of hydrogen-bond acceptors (Lipinski definition) is 3. The van der Waals surface area contributed by atoms with E-state index in [1.807, 2.05) is 0 Å². The lowest BCUT2D eigenvalue weighted by Gasteiger charge is -2.28. The summed E-state index contributed by atoms with van der Waals surface area (Å²) in [7, 11) is 0. The second-order valence-electron chi connectivity index (χ2n) is 6.41. The van der Waals surface area contributed by atoms with Gasteiger partial charge in [0.15, 0.2) is 0 Å². The maximum absolute atomic E-state index is 5.90. The largest absolute Gasteiger partial charge is 0.399 e. The van der Waals surface area contributed by atoms with E-state index in [-0.39, 0.29) is 0 Å². The first-order valence-electron chi connectivity index (χ1n) is 7.31. The Bertz CT molecular complexity index is 470. The molecule has 3 rings (SSSR count). The van der Waals surface area contributed by atoms with E-state index in [4.69, 9.17) is 5.73 Å². The molecule has 2 N–H and O–H groups in total. The summed E-state index contributed by atoms with van der Waals surface area (Å²) in [4.78, 5) is 2.70. The van der Waals surface area contributed by atoms with Crippen LogP contribution >= 0.6 is 11.8 Å². The fraction of sp³-hybridized carbons (Fsp3) is 0.625. The first-order valence-corrected chi connectivity index (χ1v) is 8.30. The molecule has 0 aromatic heterocycles. The molecule has 1 aliphatic carbocycles. The zero-order chi connectivity index (χ0) is 13.5. The van der Waals surface area contributed by atoms with Crippen molar-refractivity contribution >= 4 is 17.4 Å². The van der Waals surface area contributed by atoms with Gasteiger partial charge in [0.1, 0.15) is 0 Å². The van der Waals surface area contributed by atoms with Gasteiger partial charge in [-0.3, -0.25) is 4.90 Å². The molecule has 0 radical (unpaired) electrons. The summed E-state index contributed by atoms with van der Waals surface area (Å²) in [5.74, 6) is 1.26. The second-order valence-corrected chi connectivity index (χ2v) is 8.21. The Morgan fingerprint density at radius 2 is 2.16 bits per heavy atom. The zero-order valence-corrected chi connectivity index (χ0v) is 12.8. The minimum atomic E-state index is 0.442. The molecule has 1 fully saturated rings. The van der Waals surface area contributed by atoms with Crippen molar-refractivity contribution in [1.29, 1.82) is 0 Å². The summed E-state index contributed by atoms with van der Waals surface area (Å²) >= 11 is 2.13. The van der Waals surface area contributed by atoms with Gasteiger partial charge in [-0.2, -0.15) is 11.8 Å². The molecule has 2 nitrogen and oxygen atoms in total. The van der Waals surface area contributed by atoms with Crippen LogP contribution in [0, 0.1) is 0 Å². The molecule has 1 heterocycles. The molecule has 1 aromatic rings. The normalized spacial score (nSPS) is 26.9. The standard InChI is InChI=1S/C16H24N2S/c1-16(2)7-8-18(9-10-19-16)15-6-3-12-11-13(17)4-5-14(12)15/h4-5,11,15H,3,6-10,17H2,1-2H3. The molecule has 19 heavy (non-hydrogen) atoms. The summed E-state index contributed by atoms with van der Waals surface area (Å²) in [6.07, 6.45) is 3.75. The van der Waals surface area contributed by atoms with Crippen molar-refractivity contribution in [2.24, 2.45) is 0 Å². The Morgan fingerprint density at radius 1 is 1.32 bits per heavy atom. The number of fused-ring (bicyclic) bond motifs is 1. The Labute approximate surface area is 120 Å². The number of nitrogen functional groups attached to an aromatic ring is 1. The fourth-order valence-electron chi connectivity index (χ4n) is 3.34. The van der Waals surface area contributed by atoms with Crippen molar-refractivity contribution in [1.82, 2.24) is 4.90 Å². The van der Waals surface area contributed by atoms with E-state index >= 15 is 0 Å². The molecule has 0 saturated carbocycles. The molecule has 0 amide bonds. The Kier molecular flexibility index (Phi) is 3.52. The number of nitrogens with zero attached hydrogens (tertiary/aromatic N) is 1. The van der Waals surface area contributed by atoms with Gasteiger partial charge in [-0.25, -0.2) is 0 Å². The van der Waals surface area contributed by atoms with Crippen LogP contribution in [0.4, 0.5) is 5.69 Å². The van der Waals surface area contributed by atoms with E-state index in [1.165, 1.54) is 49.2 Å². The molecule has 2 aliphatic rings. The molecule has 104 valence electrons. The zero-order valence-electron chi connectivity index (χ0n) is 12.0. The van der Waals surface area contributed by atoms with E-state index in [9.17, 15) is 0 Å². The Hall–Kier alpha value is -0.670. The number of rotatable bonds is 1. The molecular weight excluding hydrogens is 252 g/mol. The number of thioether (sulfide) groups is 1. The molecule has 1 aliphatic heterocycles. The van der Waals surface area contributed by atoms with Gasteiger partial charge in [-0.15, -0.1) is 0 Å². The maximum atomic E-state index is 5.90. The van der Waals surface area contributed by atoms with Gasteiger partial charge in [0.2, 0.25) is 0 Å². The SMILES string of the molecule is CC1(C)CCN(C2CCc3cc(N)ccc32)CCS1. The quantitative estimate of drug-likeness (QED) is 0.796. The summed E-state index contributed by atoms with van der Waals surface area (Å²) in [5, 5.41) is 0. The highest BCUT2D eigenvalue weighted by Crippen LogP contribution is 2.39. The van der Waals surface area contributed by atoms with Crippen LogP contribution in [-0.2, 0) is 6.42 Å². The molecule has 3 heteroatoms. The third-order valence-corrected chi connectivity index (χ3v) is 5.90. The minimum absolute atomic E-state index is 0.442. The van der Waals surface area contributed by atoms with Gasteiger partial charge in [0, 0.05) is 35.3 Å². The maximum Gasteiger partial charge on any atom is 0.0354 e. The van der Waals surface area contributed by atoms with Gasteiger partial charge in [-0.05, 0) is 42.5 Å². The first-order chi connectivity index (χ1) is 9.05. The summed E-state index contributed by atoms with van der Waals surface area (Å²) < 4.78 is 0.442. The van der Waals surface area contributed by atoms with E-state index in [1.54, 1.807) is 0 Å². The van der Waals surface area contributed by atoms with Gasteiger partial charge in [-0.1, -0.05) is 19.9 Å². The lowest BCUT2D eigenvalue weighted by Crippen LogP contribution is -2.30. The summed E-state index contributed by atoms with van der Waals surface area (Å²) in [6.45, 7) is 7.21. The van der Waals surface area contributed by atoms with Crippen LogP contribution in [0.2, 0.25) is 0 Å². The predicted octanol–water partition coefficient (Wildman–Crippen LogP) is 3.47. The monoisotopic (exact) mass is 276 g/mol. The van der Waals surface area contributed by atoms with Crippen LogP contribution in [0.15, 0.2) is 18.2 Å². The van der Waals surface area contributed by atoms with Crippen LogP contribution in [0.25, 0.3) is 0 Å². The van der Waals surface area contributed by atoms with Crippen molar-refractivity contribution in [3.63, 3.8) is 0 Å².